The molecule has 0 amide bonds. The van der Waals surface area contributed by atoms with Crippen LogP contribution in [0, 0.1) is 5.92 Å². The molecule has 0 aliphatic carbocycles. The van der Waals surface area contributed by atoms with Gasteiger partial charge in [-0.3, -0.25) is 4.79 Å². The third-order valence-electron chi connectivity index (χ3n) is 2.12. The van der Waals surface area contributed by atoms with E-state index >= 15 is 0 Å². The highest BCUT2D eigenvalue weighted by molar-refractivity contribution is 5.70. The molecule has 82 valence electrons. The summed E-state index contributed by atoms with van der Waals surface area (Å²) in [6.07, 6.45) is 1.99. The molecule has 5 heteroatoms. The molecule has 1 unspecified atom stereocenters. The lowest BCUT2D eigenvalue weighted by atomic mass is 10.0. The molecule has 1 aromatic rings. The number of hydrogen-bond donors (Lipinski definition) is 2. The number of pyridine rings is 1. The van der Waals surface area contributed by atoms with Crippen LogP contribution < -0.4 is 10.5 Å². The first-order chi connectivity index (χ1) is 7.17. The fraction of sp³-hybridized carbons (Fsp3) is 0.400. The zero-order chi connectivity index (χ0) is 11.3. The van der Waals surface area contributed by atoms with Crippen LogP contribution in [0.25, 0.3) is 0 Å². The van der Waals surface area contributed by atoms with Crippen molar-refractivity contribution in [3.8, 4) is 5.88 Å². The van der Waals surface area contributed by atoms with Crippen molar-refractivity contribution in [1.82, 2.24) is 4.98 Å². The van der Waals surface area contributed by atoms with Gasteiger partial charge in [0.15, 0.2) is 0 Å². The van der Waals surface area contributed by atoms with Crippen LogP contribution in [0.5, 0.6) is 5.88 Å². The molecule has 0 saturated carbocycles. The SMILES string of the molecule is COc1ccc(CC(CN)C(=O)O)cn1. The lowest BCUT2D eigenvalue weighted by Crippen LogP contribution is -2.25. The minimum absolute atomic E-state index is 0.126. The summed E-state index contributed by atoms with van der Waals surface area (Å²) in [6.45, 7) is 0.126. The Morgan fingerprint density at radius 2 is 2.40 bits per heavy atom. The maximum Gasteiger partial charge on any atom is 0.308 e. The van der Waals surface area contributed by atoms with Crippen LogP contribution >= 0.6 is 0 Å². The van der Waals surface area contributed by atoms with Gasteiger partial charge in [-0.2, -0.15) is 0 Å². The molecule has 0 bridgehead atoms. The van der Waals surface area contributed by atoms with Crippen LogP contribution in [0.4, 0.5) is 0 Å². The van der Waals surface area contributed by atoms with E-state index in [0.717, 1.165) is 5.56 Å². The smallest absolute Gasteiger partial charge is 0.308 e. The summed E-state index contributed by atoms with van der Waals surface area (Å²) >= 11 is 0. The normalized spacial score (nSPS) is 12.1. The fourth-order valence-corrected chi connectivity index (χ4v) is 1.21. The molecule has 0 spiro atoms. The van der Waals surface area contributed by atoms with E-state index in [4.69, 9.17) is 15.6 Å². The van der Waals surface area contributed by atoms with E-state index in [1.54, 1.807) is 18.3 Å². The van der Waals surface area contributed by atoms with Crippen LogP contribution in [-0.2, 0) is 11.2 Å². The first kappa shape index (κ1) is 11.5. The van der Waals surface area contributed by atoms with Crippen molar-refractivity contribution in [1.29, 1.82) is 0 Å². The summed E-state index contributed by atoms with van der Waals surface area (Å²) in [5.41, 5.74) is 6.19. The fourth-order valence-electron chi connectivity index (χ4n) is 1.21. The van der Waals surface area contributed by atoms with Crippen LogP contribution in [-0.4, -0.2) is 29.7 Å². The Hall–Kier alpha value is -1.62. The van der Waals surface area contributed by atoms with Crippen molar-refractivity contribution in [3.05, 3.63) is 23.9 Å². The maximum absolute atomic E-state index is 10.7. The summed E-state index contributed by atoms with van der Waals surface area (Å²) in [5.74, 6) is -0.924. The highest BCUT2D eigenvalue weighted by atomic mass is 16.5. The third-order valence-corrected chi connectivity index (χ3v) is 2.12. The van der Waals surface area contributed by atoms with Gasteiger partial charge in [-0.1, -0.05) is 6.07 Å². The number of aromatic nitrogens is 1. The van der Waals surface area contributed by atoms with E-state index in [1.807, 2.05) is 0 Å². The average molecular weight is 210 g/mol. The van der Waals surface area contributed by atoms with Gasteiger partial charge in [0.25, 0.3) is 0 Å². The van der Waals surface area contributed by atoms with E-state index in [0.29, 0.717) is 12.3 Å². The number of nitrogens with two attached hydrogens (primary N) is 1. The number of carboxylic acid groups (broad SMARTS) is 1. The quantitative estimate of drug-likeness (QED) is 0.729. The van der Waals surface area contributed by atoms with Gasteiger partial charge in [0.05, 0.1) is 13.0 Å². The first-order valence-corrected chi connectivity index (χ1v) is 4.59. The molecule has 15 heavy (non-hydrogen) atoms. The number of nitrogens with zero attached hydrogens (tertiary/aromatic N) is 1. The molecule has 1 rings (SSSR count). The van der Waals surface area contributed by atoms with Gasteiger partial charge in [0.2, 0.25) is 5.88 Å². The zero-order valence-electron chi connectivity index (χ0n) is 8.51. The lowest BCUT2D eigenvalue weighted by Gasteiger charge is -2.09. The maximum atomic E-state index is 10.7. The van der Waals surface area contributed by atoms with Gasteiger partial charge in [0.1, 0.15) is 0 Å². The predicted molar refractivity (Wildman–Crippen MR) is 54.7 cm³/mol. The lowest BCUT2D eigenvalue weighted by molar-refractivity contribution is -0.141. The topological polar surface area (TPSA) is 85.4 Å². The van der Waals surface area contributed by atoms with Crippen LogP contribution in [0.1, 0.15) is 5.56 Å². The Kier molecular flexibility index (Phi) is 4.05. The minimum Gasteiger partial charge on any atom is -0.481 e. The number of methoxy groups -OCH3 is 1. The molecule has 0 aromatic carbocycles. The molecule has 0 saturated heterocycles. The van der Waals surface area contributed by atoms with Gasteiger partial charge in [-0.15, -0.1) is 0 Å². The second-order valence-electron chi connectivity index (χ2n) is 3.18. The second kappa shape index (κ2) is 5.31. The van der Waals surface area contributed by atoms with Gasteiger partial charge in [-0.05, 0) is 12.0 Å². The first-order valence-electron chi connectivity index (χ1n) is 4.59. The zero-order valence-corrected chi connectivity index (χ0v) is 8.51. The molecule has 3 N–H and O–H groups in total. The standard InChI is InChI=1S/C10H14N2O3/c1-15-9-3-2-7(6-12-9)4-8(5-11)10(13)14/h2-3,6,8H,4-5,11H2,1H3,(H,13,14). The van der Waals surface area contributed by atoms with Crippen LogP contribution in [0.15, 0.2) is 18.3 Å². The van der Waals surface area contributed by atoms with Crippen molar-refractivity contribution in [3.63, 3.8) is 0 Å². The van der Waals surface area contributed by atoms with Crippen molar-refractivity contribution < 1.29 is 14.6 Å². The van der Waals surface area contributed by atoms with Crippen molar-refractivity contribution in [2.75, 3.05) is 13.7 Å². The van der Waals surface area contributed by atoms with E-state index in [2.05, 4.69) is 4.98 Å². The predicted octanol–water partition coefficient (Wildman–Crippen LogP) is 0.292. The molecule has 1 heterocycles. The summed E-state index contributed by atoms with van der Waals surface area (Å²) in [6, 6.07) is 3.49. The monoisotopic (exact) mass is 210 g/mol. The molecule has 1 aromatic heterocycles. The number of carbonyl (C=O) groups is 1. The van der Waals surface area contributed by atoms with Gasteiger partial charge in [0, 0.05) is 18.8 Å². The van der Waals surface area contributed by atoms with Crippen LogP contribution in [0.3, 0.4) is 0 Å². The summed E-state index contributed by atoms with van der Waals surface area (Å²) in [7, 11) is 1.53. The number of rotatable bonds is 5. The largest absolute Gasteiger partial charge is 0.481 e. The van der Waals surface area contributed by atoms with Crippen LogP contribution in [0.2, 0.25) is 0 Å². The van der Waals surface area contributed by atoms with E-state index in [1.165, 1.54) is 7.11 Å². The highest BCUT2D eigenvalue weighted by Gasteiger charge is 2.15. The van der Waals surface area contributed by atoms with E-state index in [9.17, 15) is 4.79 Å². The van der Waals surface area contributed by atoms with Crippen molar-refractivity contribution in [2.24, 2.45) is 11.7 Å². The molecule has 1 atom stereocenters. The summed E-state index contributed by atoms with van der Waals surface area (Å²) < 4.78 is 4.90. The number of ether oxygens (including phenoxy) is 1. The average Bonchev–Trinajstić information content (AvgIpc) is 2.26. The second-order valence-corrected chi connectivity index (χ2v) is 3.18. The van der Waals surface area contributed by atoms with Gasteiger partial charge in [-0.25, -0.2) is 4.98 Å². The minimum atomic E-state index is -0.881. The number of carboxylic acids is 1. The Morgan fingerprint density at radius 3 is 2.80 bits per heavy atom. The Bertz CT molecular complexity index is 324. The Balaban J connectivity index is 2.67. The van der Waals surface area contributed by atoms with Gasteiger partial charge >= 0.3 is 5.97 Å². The molecule has 0 radical (unpaired) electrons. The Labute approximate surface area is 87.9 Å². The van der Waals surface area contributed by atoms with E-state index < -0.39 is 11.9 Å². The Morgan fingerprint density at radius 1 is 1.67 bits per heavy atom. The molecule has 0 aliphatic heterocycles. The summed E-state index contributed by atoms with van der Waals surface area (Å²) in [5, 5.41) is 8.81. The molecule has 0 aliphatic rings. The third kappa shape index (κ3) is 3.21. The molecule has 0 fully saturated rings. The van der Waals surface area contributed by atoms with Gasteiger partial charge < -0.3 is 15.6 Å². The highest BCUT2D eigenvalue weighted by Crippen LogP contribution is 2.11. The van der Waals surface area contributed by atoms with Crippen molar-refractivity contribution in [2.45, 2.75) is 6.42 Å². The summed E-state index contributed by atoms with van der Waals surface area (Å²) in [4.78, 5) is 14.7. The van der Waals surface area contributed by atoms with E-state index in [-0.39, 0.29) is 6.54 Å². The molecule has 5 nitrogen and oxygen atoms in total. The number of aliphatic carboxylic acids is 1. The molecular weight excluding hydrogens is 196 g/mol. The molecular formula is C10H14N2O3. The number of hydrogen-bond acceptors (Lipinski definition) is 4. The van der Waals surface area contributed by atoms with Crippen molar-refractivity contribution >= 4 is 5.97 Å².